The molecule has 94 valence electrons. The van der Waals surface area contributed by atoms with Crippen LogP contribution in [0.5, 0.6) is 0 Å². The Balaban J connectivity index is 2.07. The Kier molecular flexibility index (Phi) is 4.01. The highest BCUT2D eigenvalue weighted by molar-refractivity contribution is 7.98. The highest BCUT2D eigenvalue weighted by Crippen LogP contribution is 2.25. The molecule has 0 radical (unpaired) electrons. The number of carbonyl (C=O) groups excluding carboxylic acids is 1. The van der Waals surface area contributed by atoms with Crippen LogP contribution in [0, 0.1) is 5.82 Å². The van der Waals surface area contributed by atoms with Crippen molar-refractivity contribution < 1.29 is 13.6 Å². The van der Waals surface area contributed by atoms with Gasteiger partial charge in [-0.1, -0.05) is 6.07 Å². The second-order valence-corrected chi connectivity index (χ2v) is 4.53. The minimum absolute atomic E-state index is 0.292. The van der Waals surface area contributed by atoms with Crippen LogP contribution in [0.25, 0.3) is 0 Å². The summed E-state index contributed by atoms with van der Waals surface area (Å²) in [5, 5.41) is 0. The Morgan fingerprint density at radius 3 is 3.00 bits per heavy atom. The smallest absolute Gasteiger partial charge is 0.268 e. The predicted molar refractivity (Wildman–Crippen MR) is 66.3 cm³/mol. The van der Waals surface area contributed by atoms with Crippen molar-refractivity contribution in [1.29, 1.82) is 0 Å². The van der Waals surface area contributed by atoms with E-state index in [-0.39, 0.29) is 5.82 Å². The molecule has 0 fully saturated rings. The number of amides is 1. The predicted octanol–water partition coefficient (Wildman–Crippen LogP) is 2.31. The van der Waals surface area contributed by atoms with Gasteiger partial charge in [0.05, 0.1) is 17.6 Å². The average Bonchev–Trinajstić information content (AvgIpc) is 2.84. The molecule has 0 aliphatic rings. The molecule has 0 saturated carbocycles. The fourth-order valence-electron chi connectivity index (χ4n) is 1.44. The minimum Gasteiger partial charge on any atom is -0.468 e. The lowest BCUT2D eigenvalue weighted by molar-refractivity contribution is 0.0952. The topological polar surface area (TPSA) is 68.3 Å². The van der Waals surface area contributed by atoms with E-state index in [1.165, 1.54) is 30.2 Å². The SMILES string of the molecule is NNC(=O)c1ccoc1CSc1cccc(F)c1. The third-order valence-corrected chi connectivity index (χ3v) is 3.28. The molecule has 18 heavy (non-hydrogen) atoms. The van der Waals surface area contributed by atoms with Crippen molar-refractivity contribution in [2.45, 2.75) is 10.6 Å². The maximum Gasteiger partial charge on any atom is 0.268 e. The number of nitrogens with one attached hydrogen (secondary N) is 1. The number of benzene rings is 1. The highest BCUT2D eigenvalue weighted by atomic mass is 32.2. The van der Waals surface area contributed by atoms with Gasteiger partial charge in [0.2, 0.25) is 0 Å². The fourth-order valence-corrected chi connectivity index (χ4v) is 2.33. The van der Waals surface area contributed by atoms with Gasteiger partial charge in [-0.3, -0.25) is 10.2 Å². The first-order valence-electron chi connectivity index (χ1n) is 5.16. The minimum atomic E-state index is -0.404. The van der Waals surface area contributed by atoms with Crippen molar-refractivity contribution >= 4 is 17.7 Å². The number of hydrogen-bond acceptors (Lipinski definition) is 4. The van der Waals surface area contributed by atoms with E-state index < -0.39 is 5.91 Å². The van der Waals surface area contributed by atoms with E-state index in [0.717, 1.165) is 4.90 Å². The highest BCUT2D eigenvalue weighted by Gasteiger charge is 2.13. The summed E-state index contributed by atoms with van der Waals surface area (Å²) in [6.07, 6.45) is 1.42. The molecule has 1 aromatic heterocycles. The molecule has 2 rings (SSSR count). The summed E-state index contributed by atoms with van der Waals surface area (Å²) in [7, 11) is 0. The molecule has 0 aliphatic carbocycles. The fraction of sp³-hybridized carbons (Fsp3) is 0.0833. The van der Waals surface area contributed by atoms with Gasteiger partial charge in [-0.15, -0.1) is 11.8 Å². The van der Waals surface area contributed by atoms with Crippen molar-refractivity contribution in [2.24, 2.45) is 5.84 Å². The monoisotopic (exact) mass is 266 g/mol. The van der Waals surface area contributed by atoms with Crippen LogP contribution < -0.4 is 11.3 Å². The zero-order chi connectivity index (χ0) is 13.0. The van der Waals surface area contributed by atoms with Gasteiger partial charge < -0.3 is 4.42 Å². The molecule has 1 amide bonds. The number of rotatable bonds is 4. The first-order chi connectivity index (χ1) is 8.70. The molecule has 0 saturated heterocycles. The third-order valence-electron chi connectivity index (χ3n) is 2.29. The molecule has 0 bridgehead atoms. The Morgan fingerprint density at radius 1 is 1.44 bits per heavy atom. The van der Waals surface area contributed by atoms with Gasteiger partial charge in [0.15, 0.2) is 0 Å². The van der Waals surface area contributed by atoms with E-state index in [9.17, 15) is 9.18 Å². The molecule has 0 spiro atoms. The maximum absolute atomic E-state index is 13.0. The van der Waals surface area contributed by atoms with Crippen LogP contribution in [0.15, 0.2) is 45.9 Å². The summed E-state index contributed by atoms with van der Waals surface area (Å²) < 4.78 is 18.2. The Hall–Kier alpha value is -1.79. The van der Waals surface area contributed by atoms with Crippen molar-refractivity contribution in [3.05, 3.63) is 53.7 Å². The summed E-state index contributed by atoms with van der Waals surface area (Å²) >= 11 is 1.38. The van der Waals surface area contributed by atoms with E-state index in [1.807, 2.05) is 5.43 Å². The van der Waals surface area contributed by atoms with Crippen molar-refractivity contribution in [3.8, 4) is 0 Å². The van der Waals surface area contributed by atoms with Crippen LogP contribution in [0.2, 0.25) is 0 Å². The molecule has 6 heteroatoms. The quantitative estimate of drug-likeness (QED) is 0.385. The molecular weight excluding hydrogens is 255 g/mol. The lowest BCUT2D eigenvalue weighted by Crippen LogP contribution is -2.30. The maximum atomic E-state index is 13.0. The van der Waals surface area contributed by atoms with E-state index >= 15 is 0 Å². The van der Waals surface area contributed by atoms with Crippen molar-refractivity contribution in [1.82, 2.24) is 5.43 Å². The van der Waals surface area contributed by atoms with Gasteiger partial charge in [0.25, 0.3) is 5.91 Å². The van der Waals surface area contributed by atoms with Gasteiger partial charge in [-0.05, 0) is 24.3 Å². The second kappa shape index (κ2) is 5.70. The number of halogens is 1. The summed E-state index contributed by atoms with van der Waals surface area (Å²) in [6, 6.07) is 7.77. The van der Waals surface area contributed by atoms with E-state index in [4.69, 9.17) is 10.3 Å². The normalized spacial score (nSPS) is 10.3. The Morgan fingerprint density at radius 2 is 2.28 bits per heavy atom. The second-order valence-electron chi connectivity index (χ2n) is 3.48. The summed E-state index contributed by atoms with van der Waals surface area (Å²) in [4.78, 5) is 12.2. The average molecular weight is 266 g/mol. The number of hydrazine groups is 1. The van der Waals surface area contributed by atoms with Gasteiger partial charge in [0.1, 0.15) is 11.6 Å². The molecule has 0 aliphatic heterocycles. The summed E-state index contributed by atoms with van der Waals surface area (Å²) in [6.45, 7) is 0. The number of thioether (sulfide) groups is 1. The lowest BCUT2D eigenvalue weighted by atomic mass is 10.2. The first-order valence-corrected chi connectivity index (χ1v) is 6.15. The van der Waals surface area contributed by atoms with Gasteiger partial charge in [0, 0.05) is 4.90 Å². The van der Waals surface area contributed by atoms with Crippen molar-refractivity contribution in [2.75, 3.05) is 0 Å². The van der Waals surface area contributed by atoms with Gasteiger partial charge in [-0.25, -0.2) is 10.2 Å². The molecule has 2 aromatic rings. The molecule has 4 nitrogen and oxygen atoms in total. The summed E-state index contributed by atoms with van der Waals surface area (Å²) in [5.74, 6) is 5.30. The number of hydrogen-bond donors (Lipinski definition) is 2. The summed E-state index contributed by atoms with van der Waals surface area (Å²) in [5.41, 5.74) is 2.44. The Labute approximate surface area is 107 Å². The lowest BCUT2D eigenvalue weighted by Gasteiger charge is -2.02. The standard InChI is InChI=1S/C12H11FN2O2S/c13-8-2-1-3-9(6-8)18-7-11-10(4-5-17-11)12(16)15-14/h1-6H,7,14H2,(H,15,16). The largest absolute Gasteiger partial charge is 0.468 e. The van der Waals surface area contributed by atoms with Crippen LogP contribution >= 0.6 is 11.8 Å². The van der Waals surface area contributed by atoms with Gasteiger partial charge in [-0.2, -0.15) is 0 Å². The molecule has 1 aromatic carbocycles. The van der Waals surface area contributed by atoms with Crippen LogP contribution in [-0.4, -0.2) is 5.91 Å². The molecular formula is C12H11FN2O2S. The number of carbonyl (C=O) groups is 1. The van der Waals surface area contributed by atoms with Crippen LogP contribution in [-0.2, 0) is 5.75 Å². The number of furan rings is 1. The zero-order valence-electron chi connectivity index (χ0n) is 9.35. The Bertz CT molecular complexity index is 557. The van der Waals surface area contributed by atoms with E-state index in [2.05, 4.69) is 0 Å². The number of nitrogens with two attached hydrogens (primary N) is 1. The zero-order valence-corrected chi connectivity index (χ0v) is 10.2. The number of nitrogen functional groups attached to an aromatic ring is 1. The molecule has 1 heterocycles. The molecule has 0 atom stereocenters. The molecule has 3 N–H and O–H groups in total. The van der Waals surface area contributed by atoms with E-state index in [1.54, 1.807) is 18.2 Å². The van der Waals surface area contributed by atoms with Crippen LogP contribution in [0.4, 0.5) is 4.39 Å². The van der Waals surface area contributed by atoms with Crippen LogP contribution in [0.3, 0.4) is 0 Å². The van der Waals surface area contributed by atoms with Crippen LogP contribution in [0.1, 0.15) is 16.1 Å². The first kappa shape index (κ1) is 12.7. The molecule has 0 unspecified atom stereocenters. The van der Waals surface area contributed by atoms with Gasteiger partial charge >= 0.3 is 0 Å². The third kappa shape index (κ3) is 2.91. The van der Waals surface area contributed by atoms with E-state index in [0.29, 0.717) is 17.1 Å². The van der Waals surface area contributed by atoms with Crippen molar-refractivity contribution in [3.63, 3.8) is 0 Å².